The van der Waals surface area contributed by atoms with Gasteiger partial charge in [-0.1, -0.05) is 44.2 Å². The number of carbonyl (C=O) groups excluding carboxylic acids is 2. The Balaban J connectivity index is 0.00000320. The van der Waals surface area contributed by atoms with Crippen LogP contribution in [-0.2, 0) is 9.59 Å². The molecule has 0 spiro atoms. The molecule has 0 aliphatic carbocycles. The van der Waals surface area contributed by atoms with Gasteiger partial charge in [-0.25, -0.2) is 0 Å². The molecule has 2 aromatic carbocycles. The van der Waals surface area contributed by atoms with Crippen LogP contribution in [0.15, 0.2) is 48.5 Å². The third kappa shape index (κ3) is 6.21. The van der Waals surface area contributed by atoms with Crippen molar-refractivity contribution < 1.29 is 14.3 Å². The van der Waals surface area contributed by atoms with E-state index in [4.69, 9.17) is 10.5 Å². The quantitative estimate of drug-likeness (QED) is 0.669. The first kappa shape index (κ1) is 23.7. The van der Waals surface area contributed by atoms with Gasteiger partial charge >= 0.3 is 0 Å². The van der Waals surface area contributed by atoms with Crippen molar-refractivity contribution in [1.29, 1.82) is 0 Å². The average molecular weight is 432 g/mol. The van der Waals surface area contributed by atoms with Crippen LogP contribution in [0.4, 0.5) is 5.69 Å². The zero-order valence-corrected chi connectivity index (χ0v) is 18.3. The van der Waals surface area contributed by atoms with Crippen LogP contribution in [0.3, 0.4) is 0 Å². The molecule has 0 saturated carbocycles. The summed E-state index contributed by atoms with van der Waals surface area (Å²) in [4.78, 5) is 25.8. The van der Waals surface area contributed by atoms with Gasteiger partial charge in [-0.05, 0) is 35.6 Å². The van der Waals surface area contributed by atoms with Crippen LogP contribution in [0.1, 0.15) is 49.8 Å². The Hall–Kier alpha value is -2.57. The third-order valence-electron chi connectivity index (χ3n) is 5.12. The molecule has 1 unspecified atom stereocenters. The fraction of sp³-hybridized carbons (Fsp3) is 0.391. The molecule has 1 saturated heterocycles. The molecular weight excluding hydrogens is 402 g/mol. The number of hydrogen-bond donors (Lipinski definition) is 2. The number of carbonyl (C=O) groups is 2. The fourth-order valence-corrected chi connectivity index (χ4v) is 3.33. The Bertz CT molecular complexity index is 855. The fourth-order valence-electron chi connectivity index (χ4n) is 3.33. The standard InChI is InChI=1S/C23H29N3O3.ClH/c1-16(2)17-8-10-18(11-9-17)21(24)14-25-22(27)15-29-20-6-3-5-19(13-20)26-12-4-7-23(26)28;/h3,5-6,8-11,13,16,21H,4,7,12,14-15,24H2,1-2H3,(H,25,27);1H. The maximum Gasteiger partial charge on any atom is 0.258 e. The lowest BCUT2D eigenvalue weighted by atomic mass is 9.99. The number of halogens is 1. The Labute approximate surface area is 184 Å². The molecule has 7 heteroatoms. The van der Waals surface area contributed by atoms with Crippen molar-refractivity contribution in [2.24, 2.45) is 5.73 Å². The van der Waals surface area contributed by atoms with E-state index in [0.29, 0.717) is 24.6 Å². The lowest BCUT2D eigenvalue weighted by molar-refractivity contribution is -0.123. The minimum atomic E-state index is -0.273. The summed E-state index contributed by atoms with van der Waals surface area (Å²) in [5.74, 6) is 0.919. The van der Waals surface area contributed by atoms with Gasteiger partial charge in [0.2, 0.25) is 5.91 Å². The molecule has 1 aliphatic heterocycles. The van der Waals surface area contributed by atoms with Crippen molar-refractivity contribution in [2.45, 2.75) is 38.6 Å². The van der Waals surface area contributed by atoms with E-state index in [1.807, 2.05) is 24.3 Å². The molecule has 1 aliphatic rings. The highest BCUT2D eigenvalue weighted by molar-refractivity contribution is 5.95. The van der Waals surface area contributed by atoms with Gasteiger partial charge in [-0.3, -0.25) is 9.59 Å². The molecule has 2 aromatic rings. The van der Waals surface area contributed by atoms with E-state index >= 15 is 0 Å². The summed E-state index contributed by atoms with van der Waals surface area (Å²) in [5, 5.41) is 2.81. The zero-order valence-electron chi connectivity index (χ0n) is 17.5. The number of amides is 2. The van der Waals surface area contributed by atoms with Gasteiger partial charge < -0.3 is 20.7 Å². The molecule has 1 heterocycles. The highest BCUT2D eigenvalue weighted by Gasteiger charge is 2.21. The van der Waals surface area contributed by atoms with E-state index in [2.05, 4.69) is 31.3 Å². The number of rotatable bonds is 8. The normalized spacial score (nSPS) is 14.4. The SMILES string of the molecule is CC(C)c1ccc(C(N)CNC(=O)COc2cccc(N3CCCC3=O)c2)cc1.Cl. The molecule has 0 radical (unpaired) electrons. The number of ether oxygens (including phenoxy) is 1. The van der Waals surface area contributed by atoms with Gasteiger partial charge in [0, 0.05) is 37.3 Å². The molecule has 162 valence electrons. The summed E-state index contributed by atoms with van der Waals surface area (Å²) in [6.45, 7) is 5.25. The Morgan fingerprint density at radius 3 is 2.50 bits per heavy atom. The van der Waals surface area contributed by atoms with Crippen LogP contribution in [-0.4, -0.2) is 31.5 Å². The smallest absolute Gasteiger partial charge is 0.258 e. The molecule has 2 amide bonds. The molecule has 0 aromatic heterocycles. The maximum absolute atomic E-state index is 12.1. The summed E-state index contributed by atoms with van der Waals surface area (Å²) in [5.41, 5.74) is 9.23. The highest BCUT2D eigenvalue weighted by Crippen LogP contribution is 2.25. The molecule has 3 rings (SSSR count). The molecule has 1 atom stereocenters. The van der Waals surface area contributed by atoms with Crippen molar-refractivity contribution in [3.8, 4) is 5.75 Å². The lowest BCUT2D eigenvalue weighted by Crippen LogP contribution is -2.35. The lowest BCUT2D eigenvalue weighted by Gasteiger charge is -2.17. The number of benzene rings is 2. The Morgan fingerprint density at radius 2 is 1.87 bits per heavy atom. The van der Waals surface area contributed by atoms with Crippen LogP contribution in [0.2, 0.25) is 0 Å². The third-order valence-corrected chi connectivity index (χ3v) is 5.12. The van der Waals surface area contributed by atoms with Crippen LogP contribution >= 0.6 is 12.4 Å². The van der Waals surface area contributed by atoms with Crippen molar-refractivity contribution >= 4 is 29.9 Å². The highest BCUT2D eigenvalue weighted by atomic mass is 35.5. The summed E-state index contributed by atoms with van der Waals surface area (Å²) >= 11 is 0. The van der Waals surface area contributed by atoms with Gasteiger partial charge in [-0.15, -0.1) is 12.4 Å². The molecule has 30 heavy (non-hydrogen) atoms. The Morgan fingerprint density at radius 1 is 1.17 bits per heavy atom. The van der Waals surface area contributed by atoms with Gasteiger partial charge in [0.15, 0.2) is 6.61 Å². The van der Waals surface area contributed by atoms with Crippen LogP contribution < -0.4 is 20.7 Å². The van der Waals surface area contributed by atoms with Crippen LogP contribution in [0.5, 0.6) is 5.75 Å². The predicted molar refractivity (Wildman–Crippen MR) is 121 cm³/mol. The van der Waals surface area contributed by atoms with Crippen molar-refractivity contribution in [2.75, 3.05) is 24.6 Å². The number of anilines is 1. The predicted octanol–water partition coefficient (Wildman–Crippen LogP) is 3.55. The van der Waals surface area contributed by atoms with Gasteiger partial charge in [0.25, 0.3) is 5.91 Å². The average Bonchev–Trinajstić information content (AvgIpc) is 3.16. The van der Waals surface area contributed by atoms with E-state index in [-0.39, 0.29) is 36.9 Å². The topological polar surface area (TPSA) is 84.7 Å². The second kappa shape index (κ2) is 11.0. The summed E-state index contributed by atoms with van der Waals surface area (Å²) in [7, 11) is 0. The molecule has 1 fully saturated rings. The minimum Gasteiger partial charge on any atom is -0.484 e. The first-order valence-electron chi connectivity index (χ1n) is 10.1. The van der Waals surface area contributed by atoms with Crippen LogP contribution in [0, 0.1) is 0 Å². The van der Waals surface area contributed by atoms with E-state index in [1.165, 1.54) is 5.56 Å². The van der Waals surface area contributed by atoms with E-state index in [0.717, 1.165) is 24.2 Å². The van der Waals surface area contributed by atoms with Gasteiger partial charge in [0.1, 0.15) is 5.75 Å². The van der Waals surface area contributed by atoms with Gasteiger partial charge in [-0.2, -0.15) is 0 Å². The monoisotopic (exact) mass is 431 g/mol. The second-order valence-corrected chi connectivity index (χ2v) is 7.67. The number of hydrogen-bond acceptors (Lipinski definition) is 4. The first-order valence-corrected chi connectivity index (χ1v) is 10.1. The minimum absolute atomic E-state index is 0. The Kier molecular flexibility index (Phi) is 8.69. The maximum atomic E-state index is 12.1. The molecule has 0 bridgehead atoms. The second-order valence-electron chi connectivity index (χ2n) is 7.67. The number of nitrogens with two attached hydrogens (primary N) is 1. The molecule has 6 nitrogen and oxygen atoms in total. The molecule has 3 N–H and O–H groups in total. The number of nitrogens with one attached hydrogen (secondary N) is 1. The van der Waals surface area contributed by atoms with Crippen molar-refractivity contribution in [3.05, 3.63) is 59.7 Å². The van der Waals surface area contributed by atoms with Crippen LogP contribution in [0.25, 0.3) is 0 Å². The van der Waals surface area contributed by atoms with Gasteiger partial charge in [0.05, 0.1) is 0 Å². The summed E-state index contributed by atoms with van der Waals surface area (Å²) < 4.78 is 5.59. The van der Waals surface area contributed by atoms with E-state index in [9.17, 15) is 9.59 Å². The molecular formula is C23H30ClN3O3. The van der Waals surface area contributed by atoms with E-state index < -0.39 is 0 Å². The first-order chi connectivity index (χ1) is 13.9. The zero-order chi connectivity index (χ0) is 20.8. The largest absolute Gasteiger partial charge is 0.484 e. The van der Waals surface area contributed by atoms with E-state index in [1.54, 1.807) is 17.0 Å². The van der Waals surface area contributed by atoms with Crippen molar-refractivity contribution in [3.63, 3.8) is 0 Å². The summed E-state index contributed by atoms with van der Waals surface area (Å²) in [6.07, 6.45) is 1.45. The number of nitrogens with zero attached hydrogens (tertiary/aromatic N) is 1. The van der Waals surface area contributed by atoms with Crippen molar-refractivity contribution in [1.82, 2.24) is 5.32 Å². The summed E-state index contributed by atoms with van der Waals surface area (Å²) in [6, 6.07) is 15.2.